The molecule has 0 saturated carbocycles. The summed E-state index contributed by atoms with van der Waals surface area (Å²) in [6, 6.07) is 9.63. The molecule has 0 amide bonds. The van der Waals surface area contributed by atoms with Gasteiger partial charge in [-0.2, -0.15) is 0 Å². The number of halogens is 2. The first-order chi connectivity index (χ1) is 14.1. The van der Waals surface area contributed by atoms with E-state index in [0.717, 1.165) is 5.75 Å². The lowest BCUT2D eigenvalue weighted by atomic mass is 10.0. The largest absolute Gasteiger partial charge is 0.497 e. The number of carboxylic acid groups (broad SMARTS) is 1. The van der Waals surface area contributed by atoms with Crippen LogP contribution < -0.4 is 20.1 Å². The minimum absolute atomic E-state index is 0.178. The van der Waals surface area contributed by atoms with E-state index in [1.165, 1.54) is 12.1 Å². The van der Waals surface area contributed by atoms with Crippen LogP contribution in [-0.4, -0.2) is 36.8 Å². The summed E-state index contributed by atoms with van der Waals surface area (Å²) in [6.45, 7) is 6.19. The minimum Gasteiger partial charge on any atom is -0.497 e. The van der Waals surface area contributed by atoms with E-state index in [4.69, 9.17) is 26.2 Å². The van der Waals surface area contributed by atoms with Crippen LogP contribution in [0.15, 0.2) is 36.4 Å². The molecule has 30 heavy (non-hydrogen) atoms. The number of nitrogens with one attached hydrogen (secondary N) is 2. The fourth-order valence-electron chi connectivity index (χ4n) is 2.84. The molecule has 0 aromatic heterocycles. The smallest absolute Gasteiger partial charge is 0.323 e. The molecule has 164 valence electrons. The van der Waals surface area contributed by atoms with Crippen molar-refractivity contribution < 1.29 is 23.8 Å². The molecule has 2 aromatic rings. The molecule has 3 N–H and O–H groups in total. The van der Waals surface area contributed by atoms with Gasteiger partial charge >= 0.3 is 5.97 Å². The summed E-state index contributed by atoms with van der Waals surface area (Å²) in [5.74, 6) is 0.00984. The zero-order chi connectivity index (χ0) is 22.3. The number of methoxy groups -OCH3 is 1. The summed E-state index contributed by atoms with van der Waals surface area (Å²) >= 11 is 6.30. The van der Waals surface area contributed by atoms with E-state index in [9.17, 15) is 9.18 Å². The zero-order valence-electron chi connectivity index (χ0n) is 17.6. The van der Waals surface area contributed by atoms with Crippen molar-refractivity contribution in [3.05, 3.63) is 58.4 Å². The summed E-state index contributed by atoms with van der Waals surface area (Å²) in [7, 11) is 1.59. The third kappa shape index (κ3) is 6.58. The van der Waals surface area contributed by atoms with Crippen LogP contribution in [0.4, 0.5) is 4.39 Å². The Kier molecular flexibility index (Phi) is 8.46. The van der Waals surface area contributed by atoms with Crippen LogP contribution in [0.5, 0.6) is 11.5 Å². The Bertz CT molecular complexity index is 859. The van der Waals surface area contributed by atoms with E-state index >= 15 is 0 Å². The van der Waals surface area contributed by atoms with Gasteiger partial charge in [0.1, 0.15) is 29.5 Å². The summed E-state index contributed by atoms with van der Waals surface area (Å²) in [6.07, 6.45) is 0. The van der Waals surface area contributed by atoms with Crippen LogP contribution in [0.1, 0.15) is 37.9 Å². The molecule has 0 saturated heterocycles. The normalized spacial score (nSPS) is 12.5. The van der Waals surface area contributed by atoms with Gasteiger partial charge < -0.3 is 25.2 Å². The van der Waals surface area contributed by atoms with Crippen LogP contribution >= 0.6 is 11.6 Å². The molecule has 2 aromatic carbocycles. The first kappa shape index (κ1) is 23.9. The Morgan fingerprint density at radius 1 is 1.20 bits per heavy atom. The van der Waals surface area contributed by atoms with Gasteiger partial charge in [-0.3, -0.25) is 4.79 Å². The maximum absolute atomic E-state index is 14.0. The van der Waals surface area contributed by atoms with Crippen molar-refractivity contribution in [1.82, 2.24) is 10.6 Å². The van der Waals surface area contributed by atoms with Gasteiger partial charge in [-0.25, -0.2) is 4.39 Å². The van der Waals surface area contributed by atoms with Crippen molar-refractivity contribution in [2.75, 3.05) is 20.2 Å². The van der Waals surface area contributed by atoms with Gasteiger partial charge in [0.05, 0.1) is 12.1 Å². The fraction of sp³-hybridized carbons (Fsp3) is 0.409. The van der Waals surface area contributed by atoms with Crippen LogP contribution in [-0.2, 0) is 11.4 Å². The van der Waals surface area contributed by atoms with E-state index < -0.39 is 17.3 Å². The maximum atomic E-state index is 14.0. The molecule has 0 spiro atoms. The van der Waals surface area contributed by atoms with Crippen molar-refractivity contribution in [3.8, 4) is 11.5 Å². The first-order valence-corrected chi connectivity index (χ1v) is 9.98. The minimum atomic E-state index is -1.02. The highest BCUT2D eigenvalue weighted by Crippen LogP contribution is 2.28. The maximum Gasteiger partial charge on any atom is 0.323 e. The Balaban J connectivity index is 2.04. The van der Waals surface area contributed by atoms with Crippen LogP contribution in [0, 0.1) is 5.82 Å². The van der Waals surface area contributed by atoms with Gasteiger partial charge in [-0.15, -0.1) is 0 Å². The molecule has 0 aliphatic carbocycles. The molecular weight excluding hydrogens is 411 g/mol. The molecule has 6 nitrogen and oxygen atoms in total. The second kappa shape index (κ2) is 10.6. The van der Waals surface area contributed by atoms with Crippen molar-refractivity contribution in [1.29, 1.82) is 0 Å². The highest BCUT2D eigenvalue weighted by molar-refractivity contribution is 6.31. The molecule has 2 rings (SSSR count). The van der Waals surface area contributed by atoms with E-state index in [0.29, 0.717) is 30.0 Å². The van der Waals surface area contributed by atoms with Gasteiger partial charge in [0, 0.05) is 24.7 Å². The predicted octanol–water partition coefficient (Wildman–Crippen LogP) is 4.17. The summed E-state index contributed by atoms with van der Waals surface area (Å²) in [5.41, 5.74) is 0.350. The lowest BCUT2D eigenvalue weighted by Crippen LogP contribution is -2.49. The highest BCUT2D eigenvalue weighted by atomic mass is 35.5. The van der Waals surface area contributed by atoms with Gasteiger partial charge in [0.2, 0.25) is 0 Å². The lowest BCUT2D eigenvalue weighted by Gasteiger charge is -2.23. The van der Waals surface area contributed by atoms with Crippen LogP contribution in [0.2, 0.25) is 5.02 Å². The molecule has 0 aliphatic heterocycles. The number of ether oxygens (including phenoxy) is 2. The standard InChI is InChI=1S/C22H28ClFN2O4/c1-14(25-9-10-26-22(2,3)21(27)28)18-11-15(24)12-20(23)19(18)13-30-17-7-5-16(29-4)6-8-17/h5-8,11-12,14,25-26H,9-10,13H2,1-4H3,(H,27,28). The quantitative estimate of drug-likeness (QED) is 0.457. The number of rotatable bonds is 11. The average Bonchev–Trinajstić information content (AvgIpc) is 2.70. The number of benzene rings is 2. The van der Waals surface area contributed by atoms with Gasteiger partial charge in [0.15, 0.2) is 0 Å². The van der Waals surface area contributed by atoms with E-state index in [-0.39, 0.29) is 17.7 Å². The van der Waals surface area contributed by atoms with Crippen molar-refractivity contribution >= 4 is 17.6 Å². The first-order valence-electron chi connectivity index (χ1n) is 9.60. The Hall–Kier alpha value is -2.35. The predicted molar refractivity (Wildman–Crippen MR) is 115 cm³/mol. The van der Waals surface area contributed by atoms with Crippen LogP contribution in [0.3, 0.4) is 0 Å². The summed E-state index contributed by atoms with van der Waals surface area (Å²) in [4.78, 5) is 11.2. The molecule has 0 heterocycles. The van der Waals surface area contributed by atoms with Gasteiger partial charge in [0.25, 0.3) is 0 Å². The molecule has 0 radical (unpaired) electrons. The number of hydrogen-bond donors (Lipinski definition) is 3. The molecular formula is C22H28ClFN2O4. The molecule has 0 aliphatic rings. The zero-order valence-corrected chi connectivity index (χ0v) is 18.3. The number of aliphatic carboxylic acids is 1. The van der Waals surface area contributed by atoms with Crippen molar-refractivity contribution in [3.63, 3.8) is 0 Å². The topological polar surface area (TPSA) is 79.8 Å². The average molecular weight is 439 g/mol. The Morgan fingerprint density at radius 3 is 2.43 bits per heavy atom. The number of hydrogen-bond acceptors (Lipinski definition) is 5. The molecule has 0 fully saturated rings. The number of carbonyl (C=O) groups is 1. The fourth-order valence-corrected chi connectivity index (χ4v) is 3.11. The highest BCUT2D eigenvalue weighted by Gasteiger charge is 2.25. The summed E-state index contributed by atoms with van der Waals surface area (Å²) < 4.78 is 25.0. The van der Waals surface area contributed by atoms with E-state index in [2.05, 4.69) is 10.6 Å². The molecule has 1 unspecified atom stereocenters. The van der Waals surface area contributed by atoms with Crippen molar-refractivity contribution in [2.45, 2.75) is 39.0 Å². The third-order valence-corrected chi connectivity index (χ3v) is 5.12. The van der Waals surface area contributed by atoms with E-state index in [1.54, 1.807) is 45.2 Å². The Labute approximate surface area is 181 Å². The third-order valence-electron chi connectivity index (χ3n) is 4.78. The SMILES string of the molecule is COc1ccc(OCc2c(Cl)cc(F)cc2C(C)NCCNC(C)(C)C(=O)O)cc1. The monoisotopic (exact) mass is 438 g/mol. The lowest BCUT2D eigenvalue weighted by molar-refractivity contribution is -0.143. The second-order valence-electron chi connectivity index (χ2n) is 7.45. The molecule has 1 atom stereocenters. The van der Waals surface area contributed by atoms with Gasteiger partial charge in [-0.1, -0.05) is 11.6 Å². The van der Waals surface area contributed by atoms with Gasteiger partial charge in [-0.05, 0) is 62.7 Å². The van der Waals surface area contributed by atoms with E-state index in [1.807, 2.05) is 6.92 Å². The van der Waals surface area contributed by atoms with Crippen molar-refractivity contribution in [2.24, 2.45) is 0 Å². The number of carboxylic acids is 1. The second-order valence-corrected chi connectivity index (χ2v) is 7.86. The Morgan fingerprint density at radius 2 is 1.83 bits per heavy atom. The van der Waals surface area contributed by atoms with Crippen LogP contribution in [0.25, 0.3) is 0 Å². The molecule has 8 heteroatoms. The molecule has 0 bridgehead atoms. The summed E-state index contributed by atoms with van der Waals surface area (Å²) in [5, 5.41) is 15.7.